The maximum Gasteiger partial charge on any atom is 0.237 e. The van der Waals surface area contributed by atoms with Gasteiger partial charge in [0, 0.05) is 5.69 Å². The van der Waals surface area contributed by atoms with E-state index >= 15 is 0 Å². The minimum atomic E-state index is -1.06. The van der Waals surface area contributed by atoms with Crippen molar-refractivity contribution >= 4 is 17.4 Å². The van der Waals surface area contributed by atoms with Gasteiger partial charge >= 0.3 is 0 Å². The van der Waals surface area contributed by atoms with Gasteiger partial charge in [0.1, 0.15) is 5.41 Å². The molecule has 0 aliphatic heterocycles. The molecule has 0 bridgehead atoms. The molecule has 0 saturated heterocycles. The summed E-state index contributed by atoms with van der Waals surface area (Å²) in [6.07, 6.45) is 2.10. The second-order valence-electron chi connectivity index (χ2n) is 5.01. The molecule has 1 aromatic carbocycles. The van der Waals surface area contributed by atoms with E-state index in [9.17, 15) is 4.79 Å². The number of carbonyl (C=O) groups is 1. The first kappa shape index (κ1) is 15.0. The average molecular weight is 263 g/mol. The lowest BCUT2D eigenvalue weighted by Crippen LogP contribution is -2.42. The van der Waals surface area contributed by atoms with Crippen molar-refractivity contribution in [1.29, 1.82) is 0 Å². The lowest BCUT2D eigenvalue weighted by Gasteiger charge is -2.21. The molecular weight excluding hydrogens is 242 g/mol. The Morgan fingerprint density at radius 3 is 2.42 bits per heavy atom. The number of benzene rings is 1. The number of rotatable bonds is 5. The molecule has 0 aromatic heterocycles. The molecule has 5 heteroatoms. The number of hydrogen-bond donors (Lipinski definition) is 3. The molecule has 0 heterocycles. The lowest BCUT2D eigenvalue weighted by atomic mass is 9.91. The highest BCUT2D eigenvalue weighted by Crippen LogP contribution is 2.19. The molecule has 0 atom stereocenters. The van der Waals surface area contributed by atoms with Crippen molar-refractivity contribution in [3.05, 3.63) is 29.8 Å². The smallest absolute Gasteiger partial charge is 0.237 e. The molecule has 0 aliphatic rings. The molecule has 4 N–H and O–H groups in total. The Kier molecular flexibility index (Phi) is 4.92. The fourth-order valence-corrected chi connectivity index (χ4v) is 1.57. The van der Waals surface area contributed by atoms with Gasteiger partial charge in [-0.15, -0.1) is 0 Å². The second-order valence-corrected chi connectivity index (χ2v) is 5.01. The van der Waals surface area contributed by atoms with Crippen molar-refractivity contribution in [2.75, 3.05) is 5.32 Å². The largest absolute Gasteiger partial charge is 0.409 e. The van der Waals surface area contributed by atoms with Crippen LogP contribution in [-0.4, -0.2) is 17.0 Å². The van der Waals surface area contributed by atoms with Crippen molar-refractivity contribution in [3.63, 3.8) is 0 Å². The van der Waals surface area contributed by atoms with Crippen LogP contribution in [0.15, 0.2) is 29.4 Å². The zero-order valence-corrected chi connectivity index (χ0v) is 11.6. The van der Waals surface area contributed by atoms with Gasteiger partial charge in [-0.05, 0) is 38.0 Å². The summed E-state index contributed by atoms with van der Waals surface area (Å²) < 4.78 is 0. The summed E-state index contributed by atoms with van der Waals surface area (Å²) >= 11 is 0. The number of nitrogens with zero attached hydrogens (tertiary/aromatic N) is 1. The van der Waals surface area contributed by atoms with Gasteiger partial charge in [0.15, 0.2) is 5.84 Å². The third-order valence-electron chi connectivity index (χ3n) is 3.07. The maximum atomic E-state index is 12.1. The number of nitrogens with one attached hydrogen (secondary N) is 1. The zero-order chi connectivity index (χ0) is 14.5. The Hall–Kier alpha value is -2.04. The molecule has 1 rings (SSSR count). The topological polar surface area (TPSA) is 87.7 Å². The Morgan fingerprint density at radius 1 is 1.37 bits per heavy atom. The van der Waals surface area contributed by atoms with Gasteiger partial charge in [0.2, 0.25) is 5.91 Å². The van der Waals surface area contributed by atoms with Crippen molar-refractivity contribution in [1.82, 2.24) is 0 Å². The number of hydrogen-bond acceptors (Lipinski definition) is 3. The average Bonchev–Trinajstić information content (AvgIpc) is 2.40. The third-order valence-corrected chi connectivity index (χ3v) is 3.07. The number of carbonyl (C=O) groups excluding carboxylic acids is 1. The van der Waals surface area contributed by atoms with Crippen molar-refractivity contribution in [3.8, 4) is 0 Å². The summed E-state index contributed by atoms with van der Waals surface area (Å²) in [7, 11) is 0. The van der Waals surface area contributed by atoms with Gasteiger partial charge in [-0.1, -0.05) is 30.6 Å². The van der Waals surface area contributed by atoms with E-state index in [0.717, 1.165) is 12.8 Å². The van der Waals surface area contributed by atoms with Gasteiger partial charge in [0.25, 0.3) is 0 Å². The van der Waals surface area contributed by atoms with Gasteiger partial charge in [0.05, 0.1) is 0 Å². The molecule has 0 saturated carbocycles. The predicted octanol–water partition coefficient (Wildman–Crippen LogP) is 2.35. The van der Waals surface area contributed by atoms with E-state index in [1.54, 1.807) is 13.8 Å². The fraction of sp³-hybridized carbons (Fsp3) is 0.429. The highest BCUT2D eigenvalue weighted by atomic mass is 16.4. The lowest BCUT2D eigenvalue weighted by molar-refractivity contribution is -0.121. The minimum Gasteiger partial charge on any atom is -0.409 e. The van der Waals surface area contributed by atoms with Crippen LogP contribution in [0.1, 0.15) is 32.8 Å². The minimum absolute atomic E-state index is 0.118. The number of nitrogens with two attached hydrogens (primary N) is 1. The van der Waals surface area contributed by atoms with E-state index in [2.05, 4.69) is 17.4 Å². The Morgan fingerprint density at radius 2 is 1.95 bits per heavy atom. The standard InChI is InChI=1S/C14H21N3O2/c1-4-5-10-6-8-11(9-7-10)16-13(18)14(2,3)12(15)17-19/h6-9,19H,4-5H2,1-3H3,(H2,15,17)(H,16,18). The number of oxime groups is 1. The SMILES string of the molecule is CCCc1ccc(NC(=O)C(C)(C)C(N)=NO)cc1. The monoisotopic (exact) mass is 263 g/mol. The first-order valence-electron chi connectivity index (χ1n) is 6.30. The summed E-state index contributed by atoms with van der Waals surface area (Å²) in [5, 5.41) is 14.3. The highest BCUT2D eigenvalue weighted by Gasteiger charge is 2.32. The first-order chi connectivity index (χ1) is 8.91. The quantitative estimate of drug-likeness (QED) is 0.330. The molecule has 19 heavy (non-hydrogen) atoms. The number of amidine groups is 1. The van der Waals surface area contributed by atoms with Crippen molar-refractivity contribution in [2.45, 2.75) is 33.6 Å². The number of aryl methyl sites for hydroxylation is 1. The third kappa shape index (κ3) is 3.71. The van der Waals surface area contributed by atoms with Gasteiger partial charge < -0.3 is 16.3 Å². The summed E-state index contributed by atoms with van der Waals surface area (Å²) in [5.41, 5.74) is 6.38. The molecule has 0 radical (unpaired) electrons. The van der Waals surface area contributed by atoms with E-state index in [1.807, 2.05) is 24.3 Å². The van der Waals surface area contributed by atoms with Crippen LogP contribution in [0.5, 0.6) is 0 Å². The molecule has 1 aromatic rings. The maximum absolute atomic E-state index is 12.1. The predicted molar refractivity (Wildman–Crippen MR) is 76.3 cm³/mol. The van der Waals surface area contributed by atoms with Crippen LogP contribution >= 0.6 is 0 Å². The molecule has 1 amide bonds. The van der Waals surface area contributed by atoms with Crippen LogP contribution in [0.25, 0.3) is 0 Å². The van der Waals surface area contributed by atoms with Crippen molar-refractivity contribution in [2.24, 2.45) is 16.3 Å². The van der Waals surface area contributed by atoms with Gasteiger partial charge in [-0.2, -0.15) is 0 Å². The molecule has 0 aliphatic carbocycles. The van der Waals surface area contributed by atoms with Crippen LogP contribution in [-0.2, 0) is 11.2 Å². The summed E-state index contributed by atoms with van der Waals surface area (Å²) in [4.78, 5) is 12.1. The van der Waals surface area contributed by atoms with E-state index in [4.69, 9.17) is 10.9 Å². The normalized spacial score (nSPS) is 12.3. The first-order valence-corrected chi connectivity index (χ1v) is 6.30. The number of amides is 1. The number of anilines is 1. The van der Waals surface area contributed by atoms with Crippen LogP contribution < -0.4 is 11.1 Å². The molecule has 5 nitrogen and oxygen atoms in total. The second kappa shape index (κ2) is 6.22. The summed E-state index contributed by atoms with van der Waals surface area (Å²) in [6.45, 7) is 5.32. The molecule has 0 spiro atoms. The van der Waals surface area contributed by atoms with Crippen LogP contribution in [0, 0.1) is 5.41 Å². The Balaban J connectivity index is 2.77. The summed E-state index contributed by atoms with van der Waals surface area (Å²) in [5.74, 6) is -0.432. The summed E-state index contributed by atoms with van der Waals surface area (Å²) in [6, 6.07) is 7.67. The molecule has 0 fully saturated rings. The van der Waals surface area contributed by atoms with Crippen molar-refractivity contribution < 1.29 is 10.0 Å². The molecular formula is C14H21N3O2. The highest BCUT2D eigenvalue weighted by molar-refractivity contribution is 6.11. The molecule has 0 unspecified atom stereocenters. The van der Waals surface area contributed by atoms with E-state index < -0.39 is 5.41 Å². The van der Waals surface area contributed by atoms with Crippen LogP contribution in [0.3, 0.4) is 0 Å². The van der Waals surface area contributed by atoms with E-state index in [0.29, 0.717) is 5.69 Å². The van der Waals surface area contributed by atoms with E-state index in [-0.39, 0.29) is 11.7 Å². The Labute approximate surface area is 113 Å². The van der Waals surface area contributed by atoms with Gasteiger partial charge in [-0.3, -0.25) is 4.79 Å². The van der Waals surface area contributed by atoms with Crippen LogP contribution in [0.2, 0.25) is 0 Å². The van der Waals surface area contributed by atoms with Gasteiger partial charge in [-0.25, -0.2) is 0 Å². The fourth-order valence-electron chi connectivity index (χ4n) is 1.57. The van der Waals surface area contributed by atoms with Crippen LogP contribution in [0.4, 0.5) is 5.69 Å². The molecule has 104 valence electrons. The Bertz CT molecular complexity index is 464. The van der Waals surface area contributed by atoms with E-state index in [1.165, 1.54) is 5.56 Å². The zero-order valence-electron chi connectivity index (χ0n) is 11.6.